The topological polar surface area (TPSA) is 84.2 Å². The molecule has 8 nitrogen and oxygen atoms in total. The molecule has 0 saturated carbocycles. The molecular formula is C32H47N5O3. The molecule has 0 unspecified atom stereocenters. The second-order valence-corrected chi connectivity index (χ2v) is 9.39. The van der Waals surface area contributed by atoms with Crippen LogP contribution >= 0.6 is 0 Å². The van der Waals surface area contributed by atoms with Gasteiger partial charge >= 0.3 is 0 Å². The number of ether oxygens (including phenoxy) is 3. The number of para-hydroxylation sites is 1. The quantitative estimate of drug-likeness (QED) is 0.212. The van der Waals surface area contributed by atoms with Crippen LogP contribution in [0.4, 0.5) is 0 Å². The van der Waals surface area contributed by atoms with Crippen molar-refractivity contribution in [2.75, 3.05) is 21.3 Å². The maximum absolute atomic E-state index is 5.56. The Hall–Kier alpha value is -3.78. The maximum Gasteiger partial charge on any atom is 0.168 e. The molecular weight excluding hydrogens is 502 g/mol. The number of hydrogen-bond donors (Lipinski definition) is 0. The van der Waals surface area contributed by atoms with Gasteiger partial charge in [0.05, 0.1) is 14.2 Å². The van der Waals surface area contributed by atoms with E-state index in [1.54, 1.807) is 21.3 Å². The predicted molar refractivity (Wildman–Crippen MR) is 163 cm³/mol. The van der Waals surface area contributed by atoms with Gasteiger partial charge in [-0.05, 0) is 55.5 Å². The summed E-state index contributed by atoms with van der Waals surface area (Å²) in [4.78, 5) is 8.47. The van der Waals surface area contributed by atoms with E-state index in [2.05, 4.69) is 65.2 Å². The summed E-state index contributed by atoms with van der Waals surface area (Å²) < 4.78 is 18.4. The zero-order valence-corrected chi connectivity index (χ0v) is 25.7. The summed E-state index contributed by atoms with van der Waals surface area (Å²) in [7, 11) is 4.99. The van der Waals surface area contributed by atoms with Crippen molar-refractivity contribution in [3.63, 3.8) is 0 Å². The molecule has 0 radical (unpaired) electrons. The summed E-state index contributed by atoms with van der Waals surface area (Å²) in [6, 6.07) is 14.2. The summed E-state index contributed by atoms with van der Waals surface area (Å²) in [5, 5.41) is 8.71. The number of methoxy groups -OCH3 is 3. The monoisotopic (exact) mass is 549 g/mol. The molecule has 218 valence electrons. The summed E-state index contributed by atoms with van der Waals surface area (Å²) in [5.41, 5.74) is 4.20. The van der Waals surface area contributed by atoms with E-state index in [9.17, 15) is 0 Å². The van der Waals surface area contributed by atoms with Gasteiger partial charge in [-0.1, -0.05) is 65.3 Å². The van der Waals surface area contributed by atoms with Crippen molar-refractivity contribution in [3.8, 4) is 28.6 Å². The van der Waals surface area contributed by atoms with Crippen LogP contribution in [-0.4, -0.2) is 46.1 Å². The van der Waals surface area contributed by atoms with Crippen molar-refractivity contribution in [1.82, 2.24) is 24.7 Å². The molecule has 40 heavy (non-hydrogen) atoms. The Balaban J connectivity index is 0.000000446. The van der Waals surface area contributed by atoms with Gasteiger partial charge in [0, 0.05) is 26.5 Å². The fraction of sp³-hybridized carbons (Fsp3) is 0.438. The zero-order chi connectivity index (χ0) is 29.7. The molecule has 0 aliphatic carbocycles. The number of hydrogen-bond acceptors (Lipinski definition) is 7. The molecule has 0 fully saturated rings. The Labute approximate surface area is 241 Å². The first-order valence-corrected chi connectivity index (χ1v) is 13.9. The first-order chi connectivity index (χ1) is 19.3. The van der Waals surface area contributed by atoms with Gasteiger partial charge in [0.1, 0.15) is 29.1 Å². The van der Waals surface area contributed by atoms with Crippen LogP contribution in [0.5, 0.6) is 11.5 Å². The van der Waals surface area contributed by atoms with E-state index in [-0.39, 0.29) is 7.53 Å². The van der Waals surface area contributed by atoms with Crippen molar-refractivity contribution in [1.29, 1.82) is 0 Å². The maximum atomic E-state index is 5.56. The predicted octanol–water partition coefficient (Wildman–Crippen LogP) is 7.61. The molecule has 2 heterocycles. The van der Waals surface area contributed by atoms with Crippen LogP contribution in [0.25, 0.3) is 17.1 Å². The lowest BCUT2D eigenvalue weighted by Gasteiger charge is -2.17. The molecule has 0 aliphatic heterocycles. The molecule has 0 bridgehead atoms. The molecule has 0 N–H and O–H groups in total. The Bertz CT molecular complexity index is 1290. The minimum Gasteiger partial charge on any atom is -0.494 e. The summed E-state index contributed by atoms with van der Waals surface area (Å²) in [6.45, 7) is 14.3. The van der Waals surface area contributed by atoms with Crippen molar-refractivity contribution in [2.24, 2.45) is 5.92 Å². The molecule has 1 atom stereocenters. The van der Waals surface area contributed by atoms with E-state index in [4.69, 9.17) is 14.2 Å². The average Bonchev–Trinajstić information content (AvgIpc) is 3.36. The zero-order valence-electron chi connectivity index (χ0n) is 25.7. The fourth-order valence-electron chi connectivity index (χ4n) is 4.25. The lowest BCUT2D eigenvalue weighted by molar-refractivity contribution is 0.0574. The molecule has 0 amide bonds. The number of aryl methyl sites for hydroxylation is 3. The Morgan fingerprint density at radius 3 is 2.00 bits per heavy atom. The van der Waals surface area contributed by atoms with Crippen LogP contribution in [0, 0.1) is 19.8 Å². The standard InChI is InChI=1S/C20H23N3O2.C10H16N2O.C2H6.H2/c1-5-8-15-9-6-10-16(13-15)20-22-21-14(2)23(20)19-17(24-3)11-7-12-18(19)25-4;1-7(2)9(13-4)10-11-5-8(3)6-12-10;1-2;/h6-7,9-13H,5,8H2,1-4H3;5-7,9H,1-4H3;1-2H3;1H/t;9-;;/m.0../s1. The van der Waals surface area contributed by atoms with Crippen LogP contribution < -0.4 is 9.47 Å². The van der Waals surface area contributed by atoms with E-state index in [0.29, 0.717) is 17.4 Å². The highest BCUT2D eigenvalue weighted by Gasteiger charge is 2.20. The highest BCUT2D eigenvalue weighted by Crippen LogP contribution is 2.36. The van der Waals surface area contributed by atoms with Crippen molar-refractivity contribution in [3.05, 3.63) is 77.6 Å². The first kappa shape index (κ1) is 32.4. The van der Waals surface area contributed by atoms with Gasteiger partial charge in [-0.2, -0.15) is 0 Å². The highest BCUT2D eigenvalue weighted by molar-refractivity contribution is 5.65. The highest BCUT2D eigenvalue weighted by atomic mass is 16.5. The second-order valence-electron chi connectivity index (χ2n) is 9.39. The van der Waals surface area contributed by atoms with Crippen molar-refractivity contribution in [2.45, 2.75) is 67.4 Å². The molecule has 2 aromatic carbocycles. The normalized spacial score (nSPS) is 11.2. The van der Waals surface area contributed by atoms with Gasteiger partial charge in [0.2, 0.25) is 0 Å². The minimum absolute atomic E-state index is 0. The largest absolute Gasteiger partial charge is 0.494 e. The van der Waals surface area contributed by atoms with Crippen LogP contribution in [0.15, 0.2) is 54.9 Å². The number of nitrogens with zero attached hydrogens (tertiary/aromatic N) is 5. The Kier molecular flexibility index (Phi) is 13.3. The molecule has 4 aromatic rings. The molecule has 8 heteroatoms. The fourth-order valence-corrected chi connectivity index (χ4v) is 4.25. The number of aromatic nitrogens is 5. The van der Waals surface area contributed by atoms with Gasteiger partial charge in [-0.25, -0.2) is 9.97 Å². The van der Waals surface area contributed by atoms with Gasteiger partial charge < -0.3 is 14.2 Å². The van der Waals surface area contributed by atoms with E-state index in [1.807, 2.05) is 62.9 Å². The van der Waals surface area contributed by atoms with E-state index >= 15 is 0 Å². The van der Waals surface area contributed by atoms with E-state index in [0.717, 1.165) is 47.1 Å². The summed E-state index contributed by atoms with van der Waals surface area (Å²) in [5.74, 6) is 4.15. The van der Waals surface area contributed by atoms with Gasteiger partial charge in [-0.15, -0.1) is 10.2 Å². The lowest BCUT2D eigenvalue weighted by Crippen LogP contribution is -2.12. The van der Waals surface area contributed by atoms with Crippen LogP contribution in [0.3, 0.4) is 0 Å². The van der Waals surface area contributed by atoms with Crippen LogP contribution in [0.2, 0.25) is 0 Å². The molecule has 2 aromatic heterocycles. The SMILES string of the molecule is CC.CCCc1cccc(-c2nnc(C)n2-c2c(OC)cccc2OC)c1.CO[C@H](c1ncc(C)cn1)C(C)C.[HH]. The number of rotatable bonds is 9. The van der Waals surface area contributed by atoms with Gasteiger partial charge in [0.25, 0.3) is 0 Å². The van der Waals surface area contributed by atoms with Crippen molar-refractivity contribution < 1.29 is 15.6 Å². The van der Waals surface area contributed by atoms with Crippen molar-refractivity contribution >= 4 is 0 Å². The summed E-state index contributed by atoms with van der Waals surface area (Å²) >= 11 is 0. The van der Waals surface area contributed by atoms with Gasteiger partial charge in [-0.3, -0.25) is 4.57 Å². The molecule has 0 saturated heterocycles. The first-order valence-electron chi connectivity index (χ1n) is 13.9. The molecule has 0 spiro atoms. The third-order valence-corrected chi connectivity index (χ3v) is 6.09. The summed E-state index contributed by atoms with van der Waals surface area (Å²) in [6.07, 6.45) is 5.78. The number of benzene rings is 2. The average molecular weight is 550 g/mol. The van der Waals surface area contributed by atoms with E-state index in [1.165, 1.54) is 5.56 Å². The molecule has 0 aliphatic rings. The smallest absolute Gasteiger partial charge is 0.168 e. The second kappa shape index (κ2) is 16.4. The molecule has 4 rings (SSSR count). The lowest BCUT2D eigenvalue weighted by atomic mass is 10.1. The minimum atomic E-state index is 0. The third-order valence-electron chi connectivity index (χ3n) is 6.09. The Morgan fingerprint density at radius 2 is 1.48 bits per heavy atom. The van der Waals surface area contributed by atoms with E-state index < -0.39 is 0 Å². The Morgan fingerprint density at radius 1 is 0.875 bits per heavy atom. The van der Waals surface area contributed by atoms with Crippen LogP contribution in [0.1, 0.15) is 71.3 Å². The third kappa shape index (κ3) is 8.11. The van der Waals surface area contributed by atoms with Crippen LogP contribution in [-0.2, 0) is 11.2 Å². The van der Waals surface area contributed by atoms with Gasteiger partial charge in [0.15, 0.2) is 11.6 Å².